The molecule has 220 valence electrons. The smallest absolute Gasteiger partial charge is 0.471 e. The van der Waals surface area contributed by atoms with E-state index in [1.807, 2.05) is 5.32 Å². The van der Waals surface area contributed by atoms with Crippen LogP contribution in [0.15, 0.2) is 18.3 Å². The fourth-order valence-corrected chi connectivity index (χ4v) is 5.97. The van der Waals surface area contributed by atoms with Crippen LogP contribution >= 0.6 is 0 Å². The van der Waals surface area contributed by atoms with Gasteiger partial charge in [-0.25, -0.2) is 4.98 Å². The Morgan fingerprint density at radius 1 is 1.20 bits per heavy atom. The first-order valence-electron chi connectivity index (χ1n) is 13.4. The lowest BCUT2D eigenvalue weighted by molar-refractivity contribution is -0.176. The lowest BCUT2D eigenvalue weighted by Crippen LogP contribution is -2.63. The molecule has 1 aromatic heterocycles. The number of carbonyl (C=O) groups excluding carboxylic acids is 4. The molecule has 0 bridgehead atoms. The predicted molar refractivity (Wildman–Crippen MR) is 136 cm³/mol. The summed E-state index contributed by atoms with van der Waals surface area (Å²) in [4.78, 5) is 59.5. The first-order valence-corrected chi connectivity index (χ1v) is 13.4. The normalized spacial score (nSPS) is 27.4. The van der Waals surface area contributed by atoms with Gasteiger partial charge in [0.25, 0.3) is 5.91 Å². The molecule has 3 aliphatic heterocycles. The summed E-state index contributed by atoms with van der Waals surface area (Å²) in [5.41, 5.74) is -2.84. The standard InChI is InChI=1S/C27H31F3N6O5/c1-24(2,3)18(33-23(40)27(28,29)30)21(38)35-10-8-25(6-7-25)12-16(35)20(37)36-14-26(11-15(36)13-31)22(39)34-19-17(41-26)5-4-9-32-19/h4-5,9,15-16,18H,6-8,10-12,14H2,1-3H3,(H,33,40)(H,32,34,39)/t15-,16-,18+,26+/m0/s1. The van der Waals surface area contributed by atoms with Crippen LogP contribution < -0.4 is 15.4 Å². The van der Waals surface area contributed by atoms with Crippen molar-refractivity contribution in [2.45, 2.75) is 82.8 Å². The van der Waals surface area contributed by atoms with E-state index in [0.717, 1.165) is 12.8 Å². The molecule has 3 fully saturated rings. The van der Waals surface area contributed by atoms with Gasteiger partial charge in [-0.3, -0.25) is 19.2 Å². The van der Waals surface area contributed by atoms with Gasteiger partial charge in [-0.1, -0.05) is 20.8 Å². The van der Waals surface area contributed by atoms with Gasteiger partial charge in [-0.2, -0.15) is 18.4 Å². The van der Waals surface area contributed by atoms with Gasteiger partial charge >= 0.3 is 12.1 Å². The summed E-state index contributed by atoms with van der Waals surface area (Å²) < 4.78 is 45.4. The highest BCUT2D eigenvalue weighted by Crippen LogP contribution is 2.55. The monoisotopic (exact) mass is 576 g/mol. The fraction of sp³-hybridized carbons (Fsp3) is 0.630. The molecule has 5 rings (SSSR count). The SMILES string of the molecule is CC(C)(C)[C@H](NC(=O)C(F)(F)F)C(=O)N1CCC2(CC2)C[C@H]1C(=O)N1C[C@@]2(C[C@H]1C#N)Oc1cccnc1NC2=O. The van der Waals surface area contributed by atoms with E-state index < -0.39 is 58.9 Å². The number of nitrogens with one attached hydrogen (secondary N) is 2. The van der Waals surface area contributed by atoms with Gasteiger partial charge in [0.1, 0.15) is 18.1 Å². The molecule has 11 nitrogen and oxygen atoms in total. The Hall–Kier alpha value is -3.89. The quantitative estimate of drug-likeness (QED) is 0.561. The topological polar surface area (TPSA) is 145 Å². The van der Waals surface area contributed by atoms with E-state index in [4.69, 9.17) is 4.74 Å². The highest BCUT2D eigenvalue weighted by atomic mass is 19.4. The van der Waals surface area contributed by atoms with Crippen molar-refractivity contribution in [1.29, 1.82) is 5.26 Å². The maximum absolute atomic E-state index is 14.1. The number of carbonyl (C=O) groups is 4. The number of pyridine rings is 1. The Morgan fingerprint density at radius 3 is 2.51 bits per heavy atom. The number of hydrogen-bond donors (Lipinski definition) is 2. The number of amides is 4. The molecule has 2 spiro atoms. The van der Waals surface area contributed by atoms with Crippen molar-refractivity contribution in [3.63, 3.8) is 0 Å². The Balaban J connectivity index is 1.43. The summed E-state index contributed by atoms with van der Waals surface area (Å²) in [6, 6.07) is 1.59. The average molecular weight is 577 g/mol. The first-order chi connectivity index (χ1) is 19.1. The van der Waals surface area contributed by atoms with Crippen molar-refractivity contribution in [3.05, 3.63) is 18.3 Å². The number of halogens is 3. The van der Waals surface area contributed by atoms with Crippen molar-refractivity contribution in [2.24, 2.45) is 10.8 Å². The van der Waals surface area contributed by atoms with E-state index in [0.29, 0.717) is 6.42 Å². The molecule has 2 N–H and O–H groups in total. The zero-order chi connectivity index (χ0) is 30.0. The number of rotatable bonds is 3. The maximum atomic E-state index is 14.1. The van der Waals surface area contributed by atoms with Crippen LogP contribution in [0, 0.1) is 22.2 Å². The second-order valence-corrected chi connectivity index (χ2v) is 12.5. The van der Waals surface area contributed by atoms with Crippen LogP contribution in [-0.4, -0.2) is 81.4 Å². The molecule has 1 aromatic rings. The minimum atomic E-state index is -5.20. The lowest BCUT2D eigenvalue weighted by Gasteiger charge is -2.44. The number of ether oxygens (including phenoxy) is 1. The second kappa shape index (κ2) is 9.60. The third-order valence-electron chi connectivity index (χ3n) is 8.54. The highest BCUT2D eigenvalue weighted by molar-refractivity contribution is 6.01. The largest absolute Gasteiger partial charge is 0.472 e. The van der Waals surface area contributed by atoms with E-state index >= 15 is 0 Å². The zero-order valence-electron chi connectivity index (χ0n) is 22.9. The van der Waals surface area contributed by atoms with Crippen LogP contribution in [0.1, 0.15) is 52.9 Å². The number of piperidine rings is 1. The third-order valence-corrected chi connectivity index (χ3v) is 8.54. The van der Waals surface area contributed by atoms with Crippen molar-refractivity contribution < 1.29 is 37.1 Å². The Morgan fingerprint density at radius 2 is 1.90 bits per heavy atom. The Labute approximate surface area is 234 Å². The van der Waals surface area contributed by atoms with Gasteiger partial charge in [0.15, 0.2) is 11.6 Å². The molecule has 4 amide bonds. The van der Waals surface area contributed by atoms with E-state index in [1.54, 1.807) is 12.1 Å². The Kier molecular flexibility index (Phi) is 6.70. The number of anilines is 1. The molecule has 4 aliphatic rings. The van der Waals surface area contributed by atoms with E-state index in [2.05, 4.69) is 16.4 Å². The summed E-state index contributed by atoms with van der Waals surface area (Å²) in [5.74, 6) is -3.69. The summed E-state index contributed by atoms with van der Waals surface area (Å²) in [7, 11) is 0. The molecular formula is C27H31F3N6O5. The average Bonchev–Trinajstić information content (AvgIpc) is 3.54. The molecule has 14 heteroatoms. The van der Waals surface area contributed by atoms with Crippen molar-refractivity contribution >= 4 is 29.4 Å². The summed E-state index contributed by atoms with van der Waals surface area (Å²) in [5, 5.41) is 14.5. The molecule has 2 saturated heterocycles. The predicted octanol–water partition coefficient (Wildman–Crippen LogP) is 2.14. The van der Waals surface area contributed by atoms with Crippen LogP contribution in [-0.2, 0) is 19.2 Å². The summed E-state index contributed by atoms with van der Waals surface area (Å²) in [6.45, 7) is 4.42. The number of fused-ring (bicyclic) bond motifs is 1. The van der Waals surface area contributed by atoms with Crippen molar-refractivity contribution in [2.75, 3.05) is 18.4 Å². The van der Waals surface area contributed by atoms with Crippen LogP contribution in [0.4, 0.5) is 19.0 Å². The molecule has 0 unspecified atom stereocenters. The van der Waals surface area contributed by atoms with Gasteiger partial charge in [0.2, 0.25) is 17.4 Å². The van der Waals surface area contributed by atoms with E-state index in [1.165, 1.54) is 36.8 Å². The van der Waals surface area contributed by atoms with Gasteiger partial charge in [-0.15, -0.1) is 0 Å². The number of nitrogens with zero attached hydrogens (tertiary/aromatic N) is 4. The molecular weight excluding hydrogens is 545 g/mol. The summed E-state index contributed by atoms with van der Waals surface area (Å²) in [6.07, 6.45) is -1.32. The molecule has 4 atom stereocenters. The first kappa shape index (κ1) is 28.6. The van der Waals surface area contributed by atoms with Crippen LogP contribution in [0.2, 0.25) is 0 Å². The van der Waals surface area contributed by atoms with Crippen molar-refractivity contribution in [3.8, 4) is 11.8 Å². The van der Waals surface area contributed by atoms with Gasteiger partial charge in [0.05, 0.1) is 12.6 Å². The third kappa shape index (κ3) is 5.17. The molecule has 4 heterocycles. The minimum absolute atomic E-state index is 0.107. The van der Waals surface area contributed by atoms with Crippen LogP contribution in [0.25, 0.3) is 0 Å². The highest BCUT2D eigenvalue weighted by Gasteiger charge is 2.59. The van der Waals surface area contributed by atoms with Gasteiger partial charge < -0.3 is 25.2 Å². The fourth-order valence-electron chi connectivity index (χ4n) is 5.97. The summed E-state index contributed by atoms with van der Waals surface area (Å²) >= 11 is 0. The maximum Gasteiger partial charge on any atom is 0.471 e. The van der Waals surface area contributed by atoms with E-state index in [9.17, 15) is 37.6 Å². The number of hydrogen-bond acceptors (Lipinski definition) is 7. The number of aromatic nitrogens is 1. The lowest BCUT2D eigenvalue weighted by atomic mass is 9.82. The molecule has 0 radical (unpaired) electrons. The van der Waals surface area contributed by atoms with Crippen LogP contribution in [0.3, 0.4) is 0 Å². The second-order valence-electron chi connectivity index (χ2n) is 12.5. The van der Waals surface area contributed by atoms with E-state index in [-0.39, 0.29) is 42.9 Å². The Bertz CT molecular complexity index is 1330. The molecule has 1 aliphatic carbocycles. The number of alkyl halides is 3. The minimum Gasteiger partial charge on any atom is -0.472 e. The van der Waals surface area contributed by atoms with Gasteiger partial charge in [0, 0.05) is 19.2 Å². The molecule has 1 saturated carbocycles. The van der Waals surface area contributed by atoms with Gasteiger partial charge in [-0.05, 0) is 48.6 Å². The molecule has 0 aromatic carbocycles. The number of likely N-dealkylation sites (tertiary alicyclic amines) is 2. The van der Waals surface area contributed by atoms with Crippen molar-refractivity contribution in [1.82, 2.24) is 20.1 Å². The molecule has 41 heavy (non-hydrogen) atoms. The number of nitriles is 1. The van der Waals surface area contributed by atoms with Crippen LogP contribution in [0.5, 0.6) is 5.75 Å². The zero-order valence-corrected chi connectivity index (χ0v) is 22.9.